The molecule has 1 atom stereocenters. The third kappa shape index (κ3) is 4.06. The number of rotatable bonds is 1. The van der Waals surface area contributed by atoms with Crippen molar-refractivity contribution in [3.8, 4) is 23.0 Å². The summed E-state index contributed by atoms with van der Waals surface area (Å²) in [5.74, 6) is 4.54. The Morgan fingerprint density at radius 1 is 1.15 bits per heavy atom. The summed E-state index contributed by atoms with van der Waals surface area (Å²) in [4.78, 5) is 13.5. The maximum Gasteiger partial charge on any atom is 0.417 e. The molecule has 0 aromatic heterocycles. The Kier molecular flexibility index (Phi) is 5.01. The zero-order valence-electron chi connectivity index (χ0n) is 13.9. The highest BCUT2D eigenvalue weighted by atomic mass is 19.4. The van der Waals surface area contributed by atoms with Crippen LogP contribution in [0.1, 0.15) is 17.5 Å². The van der Waals surface area contributed by atoms with E-state index in [0.29, 0.717) is 25.1 Å². The monoisotopic (exact) mass is 358 g/mol. The van der Waals surface area contributed by atoms with Crippen LogP contribution in [0.15, 0.2) is 48.5 Å². The summed E-state index contributed by atoms with van der Waals surface area (Å²) in [6.45, 7) is 0.948. The lowest BCUT2D eigenvalue weighted by Crippen LogP contribution is -2.30. The second-order valence-corrected chi connectivity index (χ2v) is 6.17. The lowest BCUT2D eigenvalue weighted by Gasteiger charge is -2.13. The van der Waals surface area contributed by atoms with Gasteiger partial charge in [0, 0.05) is 30.6 Å². The molecular formula is C20H17F3N2O. The molecule has 0 aliphatic carbocycles. The van der Waals surface area contributed by atoms with E-state index in [1.165, 1.54) is 17.0 Å². The third-order valence-electron chi connectivity index (χ3n) is 4.24. The molecule has 0 saturated carbocycles. The summed E-state index contributed by atoms with van der Waals surface area (Å²) in [7, 11) is 0. The summed E-state index contributed by atoms with van der Waals surface area (Å²) < 4.78 is 40.4. The van der Waals surface area contributed by atoms with Crippen LogP contribution in [0.4, 0.5) is 13.2 Å². The second-order valence-electron chi connectivity index (χ2n) is 6.17. The minimum atomic E-state index is -4.52. The van der Waals surface area contributed by atoms with Crippen LogP contribution in [0.5, 0.6) is 0 Å². The first-order valence-corrected chi connectivity index (χ1v) is 8.18. The molecule has 3 nitrogen and oxygen atoms in total. The Balaban J connectivity index is 1.91. The van der Waals surface area contributed by atoms with Gasteiger partial charge in [0.25, 0.3) is 5.91 Å². The topological polar surface area (TPSA) is 46.3 Å². The largest absolute Gasteiger partial charge is 0.417 e. The van der Waals surface area contributed by atoms with Crippen LogP contribution in [-0.4, -0.2) is 29.9 Å². The number of nitrogens with two attached hydrogens (primary N) is 1. The van der Waals surface area contributed by atoms with Crippen molar-refractivity contribution in [2.45, 2.75) is 18.6 Å². The van der Waals surface area contributed by atoms with Crippen LogP contribution in [0, 0.1) is 11.8 Å². The number of carbonyl (C=O) groups is 1. The van der Waals surface area contributed by atoms with Crippen LogP contribution in [-0.2, 0) is 11.0 Å². The van der Waals surface area contributed by atoms with Crippen molar-refractivity contribution in [2.24, 2.45) is 5.73 Å². The molecule has 1 aliphatic heterocycles. The molecule has 1 saturated heterocycles. The number of halogens is 3. The summed E-state index contributed by atoms with van der Waals surface area (Å²) in [5.41, 5.74) is 5.68. The summed E-state index contributed by atoms with van der Waals surface area (Å²) >= 11 is 0. The van der Waals surface area contributed by atoms with Gasteiger partial charge in [-0.1, -0.05) is 42.3 Å². The number of hydrogen-bond donors (Lipinski definition) is 1. The Bertz CT molecular complexity index is 866. The van der Waals surface area contributed by atoms with E-state index < -0.39 is 17.6 Å². The van der Waals surface area contributed by atoms with Gasteiger partial charge < -0.3 is 10.6 Å². The Morgan fingerprint density at radius 2 is 1.88 bits per heavy atom. The Labute approximate surface area is 149 Å². The summed E-state index contributed by atoms with van der Waals surface area (Å²) in [6.07, 6.45) is -3.81. The van der Waals surface area contributed by atoms with Crippen LogP contribution in [0.3, 0.4) is 0 Å². The predicted molar refractivity (Wildman–Crippen MR) is 92.9 cm³/mol. The highest BCUT2D eigenvalue weighted by Crippen LogP contribution is 2.37. The van der Waals surface area contributed by atoms with Crippen LogP contribution >= 0.6 is 0 Å². The molecule has 6 heteroatoms. The molecule has 1 aliphatic rings. The molecule has 1 amide bonds. The quantitative estimate of drug-likeness (QED) is 0.796. The molecule has 0 spiro atoms. The summed E-state index contributed by atoms with van der Waals surface area (Å²) in [5, 5.41) is 0. The van der Waals surface area contributed by atoms with Gasteiger partial charge >= 0.3 is 6.18 Å². The fraction of sp³-hybridized carbons (Fsp3) is 0.250. The van der Waals surface area contributed by atoms with Gasteiger partial charge in [0.1, 0.15) is 0 Å². The first-order valence-electron chi connectivity index (χ1n) is 8.18. The molecule has 1 heterocycles. The van der Waals surface area contributed by atoms with E-state index in [2.05, 4.69) is 11.8 Å². The molecule has 26 heavy (non-hydrogen) atoms. The molecule has 0 bridgehead atoms. The highest BCUT2D eigenvalue weighted by Gasteiger charge is 2.33. The number of nitrogens with zero attached hydrogens (tertiary/aromatic N) is 1. The fourth-order valence-corrected chi connectivity index (χ4v) is 2.90. The standard InChI is InChI=1S/C20H17F3N2O/c21-20(22,23)18-12-14(6-8-17(18)15-4-2-1-3-5-15)7-9-19(26)25-11-10-16(24)13-25/h1-6,8,12,16H,10-11,13,24H2/t16-/m0/s1. The number of amides is 1. The highest BCUT2D eigenvalue weighted by molar-refractivity contribution is 5.94. The van der Waals surface area contributed by atoms with Gasteiger partial charge in [-0.3, -0.25) is 4.79 Å². The Hall–Kier alpha value is -2.78. The second kappa shape index (κ2) is 7.22. The van der Waals surface area contributed by atoms with E-state index in [9.17, 15) is 18.0 Å². The van der Waals surface area contributed by atoms with Crippen LogP contribution in [0.25, 0.3) is 11.1 Å². The normalized spacial score (nSPS) is 16.9. The predicted octanol–water partition coefficient (Wildman–Crippen LogP) is 3.28. The number of hydrogen-bond acceptors (Lipinski definition) is 2. The lowest BCUT2D eigenvalue weighted by molar-refractivity contribution is -0.137. The minimum absolute atomic E-state index is 0.0669. The summed E-state index contributed by atoms with van der Waals surface area (Å²) in [6, 6.07) is 12.1. The van der Waals surface area contributed by atoms with Crippen LogP contribution < -0.4 is 5.73 Å². The van der Waals surface area contributed by atoms with E-state index >= 15 is 0 Å². The molecule has 0 radical (unpaired) electrons. The van der Waals surface area contributed by atoms with Gasteiger partial charge in [0.15, 0.2) is 0 Å². The lowest BCUT2D eigenvalue weighted by atomic mass is 9.97. The van der Waals surface area contributed by atoms with Gasteiger partial charge in [0.05, 0.1) is 5.56 Å². The van der Waals surface area contributed by atoms with E-state index in [0.717, 1.165) is 6.07 Å². The number of carbonyl (C=O) groups excluding carboxylic acids is 1. The smallest absolute Gasteiger partial charge is 0.330 e. The first kappa shape index (κ1) is 18.0. The molecule has 2 aromatic carbocycles. The van der Waals surface area contributed by atoms with Crippen molar-refractivity contribution in [3.63, 3.8) is 0 Å². The SMILES string of the molecule is N[C@H]1CCN(C(=O)C#Cc2ccc(-c3ccccc3)c(C(F)(F)F)c2)C1. The molecular weight excluding hydrogens is 341 g/mol. The van der Waals surface area contributed by atoms with E-state index in [4.69, 9.17) is 5.73 Å². The van der Waals surface area contributed by atoms with Gasteiger partial charge in [-0.05, 0) is 29.7 Å². The third-order valence-corrected chi connectivity index (χ3v) is 4.24. The van der Waals surface area contributed by atoms with Crippen LogP contribution in [0.2, 0.25) is 0 Å². The average Bonchev–Trinajstić information content (AvgIpc) is 3.06. The van der Waals surface area contributed by atoms with Crippen molar-refractivity contribution in [1.29, 1.82) is 0 Å². The van der Waals surface area contributed by atoms with Crippen molar-refractivity contribution in [3.05, 3.63) is 59.7 Å². The van der Waals surface area contributed by atoms with Gasteiger partial charge in [-0.25, -0.2) is 0 Å². The van der Waals surface area contributed by atoms with Gasteiger partial charge in [-0.2, -0.15) is 13.2 Å². The van der Waals surface area contributed by atoms with Gasteiger partial charge in [0.2, 0.25) is 0 Å². The van der Waals surface area contributed by atoms with Gasteiger partial charge in [-0.15, -0.1) is 0 Å². The van der Waals surface area contributed by atoms with Crippen molar-refractivity contribution in [2.75, 3.05) is 13.1 Å². The zero-order chi connectivity index (χ0) is 18.7. The number of benzene rings is 2. The Morgan fingerprint density at radius 3 is 2.50 bits per heavy atom. The van der Waals surface area contributed by atoms with Crippen molar-refractivity contribution < 1.29 is 18.0 Å². The first-order chi connectivity index (χ1) is 12.3. The maximum atomic E-state index is 13.5. The zero-order valence-corrected chi connectivity index (χ0v) is 13.9. The van der Waals surface area contributed by atoms with E-state index in [1.807, 2.05) is 0 Å². The van der Waals surface area contributed by atoms with Crippen molar-refractivity contribution in [1.82, 2.24) is 4.90 Å². The maximum absolute atomic E-state index is 13.5. The molecule has 0 unspecified atom stereocenters. The molecule has 3 rings (SSSR count). The minimum Gasteiger partial charge on any atom is -0.330 e. The molecule has 134 valence electrons. The van der Waals surface area contributed by atoms with E-state index in [-0.39, 0.29) is 17.2 Å². The molecule has 2 N–H and O–H groups in total. The molecule has 1 fully saturated rings. The van der Waals surface area contributed by atoms with Crippen molar-refractivity contribution >= 4 is 5.91 Å². The molecule has 2 aromatic rings. The fourth-order valence-electron chi connectivity index (χ4n) is 2.90. The van der Waals surface area contributed by atoms with E-state index in [1.54, 1.807) is 30.3 Å². The average molecular weight is 358 g/mol. The number of likely N-dealkylation sites (tertiary alicyclic amines) is 1. The number of alkyl halides is 3.